The van der Waals surface area contributed by atoms with E-state index in [0.29, 0.717) is 22.8 Å². The summed E-state index contributed by atoms with van der Waals surface area (Å²) in [7, 11) is 0. The van der Waals surface area contributed by atoms with Gasteiger partial charge in [-0.2, -0.15) is 0 Å². The summed E-state index contributed by atoms with van der Waals surface area (Å²) in [5, 5.41) is 0.691. The summed E-state index contributed by atoms with van der Waals surface area (Å²) in [5.74, 6) is -0.892. The van der Waals surface area contributed by atoms with E-state index in [0.717, 1.165) is 0 Å². The monoisotopic (exact) mass is 297 g/mol. The highest BCUT2D eigenvalue weighted by atomic mass is 19.1. The van der Waals surface area contributed by atoms with Crippen LogP contribution in [0.3, 0.4) is 0 Å². The molecule has 0 aliphatic heterocycles. The van der Waals surface area contributed by atoms with Crippen molar-refractivity contribution in [2.75, 3.05) is 6.61 Å². The Balaban J connectivity index is 1.87. The van der Waals surface area contributed by atoms with Gasteiger partial charge in [0, 0.05) is 17.1 Å². The SMILES string of the molecule is O=Cc1cn(C(=O)COc2ccccc2F)c2ccccc12. The number of carbonyl (C=O) groups is 2. The van der Waals surface area contributed by atoms with Crippen LogP contribution in [0.2, 0.25) is 0 Å². The number of hydrogen-bond acceptors (Lipinski definition) is 3. The van der Waals surface area contributed by atoms with Crippen LogP contribution in [0.25, 0.3) is 10.9 Å². The molecular weight excluding hydrogens is 285 g/mol. The fourth-order valence-corrected chi connectivity index (χ4v) is 2.28. The van der Waals surface area contributed by atoms with Crippen LogP contribution >= 0.6 is 0 Å². The van der Waals surface area contributed by atoms with E-state index in [2.05, 4.69) is 0 Å². The predicted octanol–water partition coefficient (Wildman–Crippen LogP) is 3.31. The molecule has 2 aromatic carbocycles. The van der Waals surface area contributed by atoms with Crippen molar-refractivity contribution >= 4 is 23.1 Å². The van der Waals surface area contributed by atoms with Crippen LogP contribution in [-0.4, -0.2) is 23.4 Å². The molecule has 0 aliphatic carbocycles. The number of hydrogen-bond donors (Lipinski definition) is 0. The van der Waals surface area contributed by atoms with Crippen LogP contribution in [0, 0.1) is 5.82 Å². The molecule has 0 N–H and O–H groups in total. The second-order valence-corrected chi connectivity index (χ2v) is 4.70. The maximum atomic E-state index is 13.5. The minimum atomic E-state index is -0.527. The van der Waals surface area contributed by atoms with Crippen molar-refractivity contribution in [1.82, 2.24) is 4.57 Å². The van der Waals surface area contributed by atoms with E-state index in [1.54, 1.807) is 36.4 Å². The number of benzene rings is 2. The van der Waals surface area contributed by atoms with Crippen molar-refractivity contribution < 1.29 is 18.7 Å². The van der Waals surface area contributed by atoms with E-state index in [-0.39, 0.29) is 18.3 Å². The molecule has 0 spiro atoms. The molecule has 0 atom stereocenters. The fourth-order valence-electron chi connectivity index (χ4n) is 2.28. The summed E-state index contributed by atoms with van der Waals surface area (Å²) in [6, 6.07) is 12.9. The number of ether oxygens (including phenoxy) is 1. The Morgan fingerprint density at radius 2 is 1.86 bits per heavy atom. The van der Waals surface area contributed by atoms with E-state index in [9.17, 15) is 14.0 Å². The molecule has 0 amide bonds. The van der Waals surface area contributed by atoms with E-state index >= 15 is 0 Å². The Morgan fingerprint density at radius 3 is 2.64 bits per heavy atom. The normalized spacial score (nSPS) is 10.6. The van der Waals surface area contributed by atoms with Gasteiger partial charge in [-0.1, -0.05) is 30.3 Å². The van der Waals surface area contributed by atoms with E-state index in [1.807, 2.05) is 0 Å². The summed E-state index contributed by atoms with van der Waals surface area (Å²) in [6.07, 6.45) is 2.16. The van der Waals surface area contributed by atoms with Crippen LogP contribution < -0.4 is 4.74 Å². The molecule has 0 fully saturated rings. The average molecular weight is 297 g/mol. The zero-order chi connectivity index (χ0) is 15.5. The summed E-state index contributed by atoms with van der Waals surface area (Å²) in [5.41, 5.74) is 1.04. The van der Waals surface area contributed by atoms with Crippen molar-refractivity contribution in [2.45, 2.75) is 0 Å². The lowest BCUT2D eigenvalue weighted by atomic mass is 10.2. The average Bonchev–Trinajstić information content (AvgIpc) is 2.93. The second-order valence-electron chi connectivity index (χ2n) is 4.70. The van der Waals surface area contributed by atoms with Crippen LogP contribution in [0.1, 0.15) is 15.2 Å². The van der Waals surface area contributed by atoms with Crippen molar-refractivity contribution in [3.05, 3.63) is 66.1 Å². The Hall–Kier alpha value is -2.95. The number of aromatic nitrogens is 1. The number of fused-ring (bicyclic) bond motifs is 1. The summed E-state index contributed by atoms with van der Waals surface area (Å²) in [4.78, 5) is 23.3. The van der Waals surface area contributed by atoms with E-state index < -0.39 is 5.82 Å². The largest absolute Gasteiger partial charge is 0.481 e. The van der Waals surface area contributed by atoms with Gasteiger partial charge in [0.15, 0.2) is 24.5 Å². The Labute approximate surface area is 125 Å². The van der Waals surface area contributed by atoms with Gasteiger partial charge in [-0.05, 0) is 18.2 Å². The van der Waals surface area contributed by atoms with Gasteiger partial charge in [-0.3, -0.25) is 14.2 Å². The molecule has 0 saturated carbocycles. The van der Waals surface area contributed by atoms with Gasteiger partial charge < -0.3 is 4.74 Å². The van der Waals surface area contributed by atoms with Gasteiger partial charge in [0.25, 0.3) is 5.91 Å². The predicted molar refractivity (Wildman–Crippen MR) is 79.8 cm³/mol. The van der Waals surface area contributed by atoms with Gasteiger partial charge in [0.05, 0.1) is 5.52 Å². The van der Waals surface area contributed by atoms with E-state index in [1.165, 1.54) is 22.9 Å². The zero-order valence-electron chi connectivity index (χ0n) is 11.5. The van der Waals surface area contributed by atoms with Gasteiger partial charge in [0.2, 0.25) is 0 Å². The quantitative estimate of drug-likeness (QED) is 0.694. The van der Waals surface area contributed by atoms with Crippen LogP contribution in [-0.2, 0) is 0 Å². The van der Waals surface area contributed by atoms with Crippen molar-refractivity contribution in [1.29, 1.82) is 0 Å². The number of nitrogens with zero attached hydrogens (tertiary/aromatic N) is 1. The first-order chi connectivity index (χ1) is 10.7. The second kappa shape index (κ2) is 5.81. The smallest absolute Gasteiger partial charge is 0.269 e. The zero-order valence-corrected chi connectivity index (χ0v) is 11.5. The van der Waals surface area contributed by atoms with Crippen molar-refractivity contribution in [2.24, 2.45) is 0 Å². The topological polar surface area (TPSA) is 48.3 Å². The third-order valence-electron chi connectivity index (χ3n) is 3.33. The molecule has 5 heteroatoms. The summed E-state index contributed by atoms with van der Waals surface area (Å²) in [6.45, 7) is -0.322. The molecule has 0 bridgehead atoms. The number of aldehydes is 1. The molecular formula is C17H12FNO3. The standard InChI is InChI=1S/C17H12FNO3/c18-14-6-2-4-8-16(14)22-11-17(21)19-9-12(10-20)13-5-1-3-7-15(13)19/h1-10H,11H2. The molecule has 22 heavy (non-hydrogen) atoms. The highest BCUT2D eigenvalue weighted by Crippen LogP contribution is 2.20. The van der Waals surface area contributed by atoms with Crippen LogP contribution in [0.5, 0.6) is 5.75 Å². The Morgan fingerprint density at radius 1 is 1.14 bits per heavy atom. The van der Waals surface area contributed by atoms with E-state index in [4.69, 9.17) is 4.74 Å². The molecule has 0 radical (unpaired) electrons. The van der Waals surface area contributed by atoms with Gasteiger partial charge in [-0.25, -0.2) is 4.39 Å². The summed E-state index contributed by atoms with van der Waals surface area (Å²) < 4.78 is 20.0. The molecule has 3 rings (SSSR count). The lowest BCUT2D eigenvalue weighted by Crippen LogP contribution is -2.18. The molecule has 110 valence electrons. The molecule has 1 heterocycles. The van der Waals surface area contributed by atoms with Crippen molar-refractivity contribution in [3.63, 3.8) is 0 Å². The molecule has 0 unspecified atom stereocenters. The first kappa shape index (κ1) is 14.0. The van der Waals surface area contributed by atoms with Gasteiger partial charge in [0.1, 0.15) is 0 Å². The van der Waals surface area contributed by atoms with Crippen LogP contribution in [0.4, 0.5) is 4.39 Å². The summed E-state index contributed by atoms with van der Waals surface area (Å²) >= 11 is 0. The number of para-hydroxylation sites is 2. The number of carbonyl (C=O) groups excluding carboxylic acids is 2. The third-order valence-corrected chi connectivity index (χ3v) is 3.33. The van der Waals surface area contributed by atoms with Crippen LogP contribution in [0.15, 0.2) is 54.7 Å². The van der Waals surface area contributed by atoms with Gasteiger partial charge in [-0.15, -0.1) is 0 Å². The fraction of sp³-hybridized carbons (Fsp3) is 0.0588. The molecule has 0 aliphatic rings. The maximum absolute atomic E-state index is 13.5. The highest BCUT2D eigenvalue weighted by molar-refractivity contribution is 6.02. The third kappa shape index (κ3) is 2.48. The first-order valence-corrected chi connectivity index (χ1v) is 6.66. The Bertz CT molecular complexity index is 854. The number of rotatable bonds is 4. The lowest BCUT2D eigenvalue weighted by molar-refractivity contribution is 0.0840. The Kier molecular flexibility index (Phi) is 3.70. The first-order valence-electron chi connectivity index (χ1n) is 6.66. The maximum Gasteiger partial charge on any atom is 0.269 e. The highest BCUT2D eigenvalue weighted by Gasteiger charge is 2.14. The van der Waals surface area contributed by atoms with Gasteiger partial charge >= 0.3 is 0 Å². The lowest BCUT2D eigenvalue weighted by Gasteiger charge is -2.07. The number of halogens is 1. The van der Waals surface area contributed by atoms with Crippen molar-refractivity contribution in [3.8, 4) is 5.75 Å². The minimum Gasteiger partial charge on any atom is -0.481 e. The molecule has 3 aromatic rings. The molecule has 4 nitrogen and oxygen atoms in total. The minimum absolute atomic E-state index is 0.0166. The molecule has 1 aromatic heterocycles. The molecule has 0 saturated heterocycles.